The summed E-state index contributed by atoms with van der Waals surface area (Å²) >= 11 is 0. The monoisotopic (exact) mass is 893 g/mol. The summed E-state index contributed by atoms with van der Waals surface area (Å²) in [5.41, 5.74) is -2.25. The Morgan fingerprint density at radius 1 is 0.594 bits per heavy atom. The van der Waals surface area contributed by atoms with E-state index in [2.05, 4.69) is 13.8 Å². The second-order valence-corrected chi connectivity index (χ2v) is 22.2. The number of aliphatic hydroxyl groups excluding tert-OH is 4. The Kier molecular flexibility index (Phi) is 13.9. The molecule has 4 N–H and O–H groups in total. The molecule has 64 heavy (non-hydrogen) atoms. The van der Waals surface area contributed by atoms with Crippen LogP contribution in [0.1, 0.15) is 170 Å². The quantitative estimate of drug-likeness (QED) is 0.146. The third kappa shape index (κ3) is 7.64. The molecule has 0 unspecified atom stereocenters. The summed E-state index contributed by atoms with van der Waals surface area (Å²) in [7, 11) is 0. The predicted octanol–water partition coefficient (Wildman–Crippen LogP) is 7.05. The average Bonchev–Trinajstić information content (AvgIpc) is 3.71. The van der Waals surface area contributed by atoms with Crippen LogP contribution >= 0.6 is 0 Å². The zero-order valence-corrected chi connectivity index (χ0v) is 39.4. The standard InChI is InChI=1S/2C26H38O6/c2*1-4-5-6-22(31)32-26(21(30)15-27)12-10-19-18-8-7-16-13-17(28)9-11-24(16,2)23(18)20(29)14-25(19,26)3/h2*13,18-20,23,27,29H,4-12,14-15H2,1-3H3/t2*18-,19-,20-,23+,24-,25-,26-/m00/s1. The third-order valence-electron chi connectivity index (χ3n) is 19.3. The molecule has 0 aromatic carbocycles. The Balaban J connectivity index is 0.000000191. The van der Waals surface area contributed by atoms with Crippen LogP contribution in [0.25, 0.3) is 0 Å². The van der Waals surface area contributed by atoms with Gasteiger partial charge in [0.15, 0.2) is 22.8 Å². The van der Waals surface area contributed by atoms with E-state index in [1.165, 1.54) is 11.1 Å². The lowest BCUT2D eigenvalue weighted by molar-refractivity contribution is -0.202. The summed E-state index contributed by atoms with van der Waals surface area (Å²) in [5, 5.41) is 42.7. The van der Waals surface area contributed by atoms with Gasteiger partial charge in [-0.05, 0) is 148 Å². The van der Waals surface area contributed by atoms with E-state index in [9.17, 15) is 49.2 Å². The molecule has 14 atom stereocenters. The lowest BCUT2D eigenvalue weighted by Gasteiger charge is -2.60. The number of rotatable bonds is 12. The molecule has 0 bridgehead atoms. The SMILES string of the molecule is CCCCC(=O)O[C@]1(C(=O)CO)CC[C@H]2[C@@H]3CCC4=CC(=O)CC[C@]4(C)[C@H]3[C@@H](O)C[C@@]21C.CCCCC(=O)O[C@]1(C(=O)CO)CC[C@H]2[C@@H]3CCC4=CC(=O)CC[C@]4(C)[C@H]3[C@@H](O)C[C@@]21C. The Hall–Kier alpha value is -3.06. The first-order valence-corrected chi connectivity index (χ1v) is 24.8. The van der Waals surface area contributed by atoms with Gasteiger partial charge >= 0.3 is 11.9 Å². The van der Waals surface area contributed by atoms with E-state index in [1.54, 1.807) is 0 Å². The first-order valence-electron chi connectivity index (χ1n) is 24.8. The first-order chi connectivity index (χ1) is 30.3. The van der Waals surface area contributed by atoms with Gasteiger partial charge in [0.1, 0.15) is 13.2 Å². The second-order valence-electron chi connectivity index (χ2n) is 22.2. The molecule has 0 radical (unpaired) electrons. The van der Waals surface area contributed by atoms with Crippen LogP contribution in [0.3, 0.4) is 0 Å². The number of hydrogen-bond acceptors (Lipinski definition) is 12. The van der Waals surface area contributed by atoms with Gasteiger partial charge in [-0.15, -0.1) is 0 Å². The van der Waals surface area contributed by atoms with Crippen molar-refractivity contribution in [2.45, 2.75) is 193 Å². The van der Waals surface area contributed by atoms with E-state index in [1.807, 2.05) is 39.8 Å². The Bertz CT molecular complexity index is 1800. The van der Waals surface area contributed by atoms with Crippen molar-refractivity contribution in [3.05, 3.63) is 23.3 Å². The van der Waals surface area contributed by atoms with Crippen molar-refractivity contribution in [1.29, 1.82) is 0 Å². The zero-order valence-electron chi connectivity index (χ0n) is 39.4. The van der Waals surface area contributed by atoms with Crippen LogP contribution in [0.4, 0.5) is 0 Å². The number of carbonyl (C=O) groups is 6. The number of allylic oxidation sites excluding steroid dienone is 2. The number of fused-ring (bicyclic) bond motifs is 10. The van der Waals surface area contributed by atoms with Gasteiger partial charge in [-0.3, -0.25) is 28.8 Å². The largest absolute Gasteiger partial charge is 0.450 e. The molecular formula is C52H76O12. The highest BCUT2D eigenvalue weighted by molar-refractivity contribution is 5.94. The molecule has 0 heterocycles. The molecule has 356 valence electrons. The molecule has 8 aliphatic carbocycles. The molecule has 6 saturated carbocycles. The summed E-state index contributed by atoms with van der Waals surface area (Å²) < 4.78 is 12.0. The molecule has 0 amide bonds. The van der Waals surface area contributed by atoms with Crippen LogP contribution < -0.4 is 0 Å². The van der Waals surface area contributed by atoms with Crippen molar-refractivity contribution in [3.8, 4) is 0 Å². The number of aliphatic hydroxyl groups is 4. The summed E-state index contributed by atoms with van der Waals surface area (Å²) in [6.45, 7) is 11.0. The van der Waals surface area contributed by atoms with E-state index in [-0.39, 0.29) is 70.7 Å². The van der Waals surface area contributed by atoms with Gasteiger partial charge in [0, 0.05) is 36.5 Å². The van der Waals surface area contributed by atoms with E-state index in [4.69, 9.17) is 9.47 Å². The van der Waals surface area contributed by atoms with E-state index < -0.39 is 71.0 Å². The van der Waals surface area contributed by atoms with Gasteiger partial charge in [-0.2, -0.15) is 0 Å². The fourth-order valence-corrected chi connectivity index (χ4v) is 16.1. The van der Waals surface area contributed by atoms with Crippen LogP contribution in [0.5, 0.6) is 0 Å². The van der Waals surface area contributed by atoms with Crippen molar-refractivity contribution in [1.82, 2.24) is 0 Å². The Morgan fingerprint density at radius 3 is 1.31 bits per heavy atom. The van der Waals surface area contributed by atoms with Gasteiger partial charge in [-0.1, -0.05) is 65.5 Å². The van der Waals surface area contributed by atoms with E-state index in [0.717, 1.165) is 64.2 Å². The molecule has 12 nitrogen and oxygen atoms in total. The average molecular weight is 893 g/mol. The number of carbonyl (C=O) groups excluding carboxylic acids is 6. The molecule has 8 rings (SSSR count). The summed E-state index contributed by atoms with van der Waals surface area (Å²) in [6.07, 6.45) is 14.9. The Morgan fingerprint density at radius 2 is 0.969 bits per heavy atom. The highest BCUT2D eigenvalue weighted by Gasteiger charge is 2.72. The van der Waals surface area contributed by atoms with Gasteiger partial charge in [-0.25, -0.2) is 0 Å². The van der Waals surface area contributed by atoms with E-state index >= 15 is 0 Å². The maximum atomic E-state index is 13.1. The molecule has 8 aliphatic rings. The molecule has 0 aromatic heterocycles. The number of ether oxygens (including phenoxy) is 2. The summed E-state index contributed by atoms with van der Waals surface area (Å²) in [5.74, 6) is -0.595. The minimum atomic E-state index is -1.37. The van der Waals surface area contributed by atoms with Crippen molar-refractivity contribution in [2.75, 3.05) is 13.2 Å². The minimum Gasteiger partial charge on any atom is -0.450 e. The second kappa shape index (κ2) is 18.2. The molecule has 0 aromatic rings. The van der Waals surface area contributed by atoms with Crippen LogP contribution in [0.15, 0.2) is 23.3 Å². The molecule has 0 saturated heterocycles. The van der Waals surface area contributed by atoms with Gasteiger partial charge in [0.25, 0.3) is 0 Å². The van der Waals surface area contributed by atoms with Crippen molar-refractivity contribution < 1.29 is 58.7 Å². The minimum absolute atomic E-state index is 0.0319. The van der Waals surface area contributed by atoms with E-state index in [0.29, 0.717) is 51.4 Å². The fourth-order valence-electron chi connectivity index (χ4n) is 16.1. The van der Waals surface area contributed by atoms with Crippen LogP contribution in [0, 0.1) is 57.2 Å². The van der Waals surface area contributed by atoms with Crippen molar-refractivity contribution in [3.63, 3.8) is 0 Å². The van der Waals surface area contributed by atoms with Crippen molar-refractivity contribution >= 4 is 35.1 Å². The number of unbranched alkanes of at least 4 members (excludes halogenated alkanes) is 2. The molecule has 12 heteroatoms. The topological polar surface area (TPSA) is 202 Å². The highest BCUT2D eigenvalue weighted by Crippen LogP contribution is 2.70. The van der Waals surface area contributed by atoms with Crippen LogP contribution in [-0.2, 0) is 38.2 Å². The number of esters is 2. The number of ketones is 4. The maximum Gasteiger partial charge on any atom is 0.306 e. The first kappa shape index (κ1) is 48.9. The molecular weight excluding hydrogens is 817 g/mol. The molecule has 6 fully saturated rings. The maximum absolute atomic E-state index is 13.1. The van der Waals surface area contributed by atoms with Crippen LogP contribution in [-0.4, -0.2) is 92.1 Å². The third-order valence-corrected chi connectivity index (χ3v) is 19.3. The van der Waals surface area contributed by atoms with Gasteiger partial charge in [0.05, 0.1) is 12.2 Å². The van der Waals surface area contributed by atoms with Crippen LogP contribution in [0.2, 0.25) is 0 Å². The predicted molar refractivity (Wildman–Crippen MR) is 237 cm³/mol. The van der Waals surface area contributed by atoms with Crippen molar-refractivity contribution in [2.24, 2.45) is 57.2 Å². The lowest BCUT2D eigenvalue weighted by atomic mass is 9.45. The Labute approximate surface area is 379 Å². The number of Topliss-reactive ketones (excluding diaryl/α,β-unsaturated/α-hetero) is 2. The highest BCUT2D eigenvalue weighted by atomic mass is 16.6. The summed E-state index contributed by atoms with van der Waals surface area (Å²) in [6, 6.07) is 0. The van der Waals surface area contributed by atoms with Gasteiger partial charge < -0.3 is 29.9 Å². The normalized spacial score (nSPS) is 43.0. The fraction of sp³-hybridized carbons (Fsp3) is 0.808. The zero-order chi connectivity index (χ0) is 46.6. The smallest absolute Gasteiger partial charge is 0.306 e. The molecule has 0 spiro atoms. The molecule has 0 aliphatic heterocycles. The summed E-state index contributed by atoms with van der Waals surface area (Å²) in [4.78, 5) is 75.8. The van der Waals surface area contributed by atoms with Gasteiger partial charge in [0.2, 0.25) is 11.6 Å². The number of hydrogen-bond donors (Lipinski definition) is 4. The lowest BCUT2D eigenvalue weighted by Crippen LogP contribution is -2.63.